The Balaban J connectivity index is 2.04. The van der Waals surface area contributed by atoms with Crippen molar-refractivity contribution in [3.05, 3.63) is 52.2 Å². The number of benzene rings is 1. The van der Waals surface area contributed by atoms with Crippen molar-refractivity contribution in [2.24, 2.45) is 5.10 Å². The molecule has 0 aliphatic heterocycles. The molecule has 4 nitrogen and oxygen atoms in total. The van der Waals surface area contributed by atoms with Gasteiger partial charge in [0.1, 0.15) is 5.75 Å². The molecule has 0 bridgehead atoms. The average molecular weight is 260 g/mol. The molecule has 0 fully saturated rings. The second kappa shape index (κ2) is 5.97. The highest BCUT2D eigenvalue weighted by Gasteiger charge is 2.09. The van der Waals surface area contributed by atoms with Gasteiger partial charge in [0.15, 0.2) is 0 Å². The minimum absolute atomic E-state index is 0.291. The maximum absolute atomic E-state index is 11.9. The Kier molecular flexibility index (Phi) is 4.09. The van der Waals surface area contributed by atoms with Gasteiger partial charge in [-0.15, -0.1) is 11.3 Å². The molecule has 18 heavy (non-hydrogen) atoms. The quantitative estimate of drug-likeness (QED) is 0.678. The van der Waals surface area contributed by atoms with Crippen LogP contribution < -0.4 is 10.2 Å². The van der Waals surface area contributed by atoms with Crippen molar-refractivity contribution in [3.8, 4) is 5.75 Å². The van der Waals surface area contributed by atoms with E-state index in [0.29, 0.717) is 11.3 Å². The largest absolute Gasteiger partial charge is 0.496 e. The second-order valence-electron chi connectivity index (χ2n) is 3.41. The summed E-state index contributed by atoms with van der Waals surface area (Å²) in [6.07, 6.45) is 1.61. The number of amides is 1. The number of hydrazone groups is 1. The number of para-hydroxylation sites is 1. The van der Waals surface area contributed by atoms with Crippen LogP contribution in [0.1, 0.15) is 15.2 Å². The van der Waals surface area contributed by atoms with Gasteiger partial charge in [0, 0.05) is 4.88 Å². The van der Waals surface area contributed by atoms with Gasteiger partial charge in [0.25, 0.3) is 5.91 Å². The van der Waals surface area contributed by atoms with Gasteiger partial charge in [0.2, 0.25) is 0 Å². The molecule has 1 aromatic carbocycles. The van der Waals surface area contributed by atoms with E-state index in [1.165, 1.54) is 7.11 Å². The van der Waals surface area contributed by atoms with Crippen LogP contribution in [0.4, 0.5) is 0 Å². The lowest BCUT2D eigenvalue weighted by Gasteiger charge is -2.05. The number of methoxy groups -OCH3 is 1. The van der Waals surface area contributed by atoms with Crippen molar-refractivity contribution in [2.75, 3.05) is 7.11 Å². The fourth-order valence-electron chi connectivity index (χ4n) is 1.41. The fourth-order valence-corrected chi connectivity index (χ4v) is 2.00. The van der Waals surface area contributed by atoms with E-state index in [1.807, 2.05) is 23.6 Å². The minimum atomic E-state index is -0.291. The molecule has 2 aromatic rings. The maximum atomic E-state index is 11.9. The molecule has 0 aliphatic rings. The van der Waals surface area contributed by atoms with Gasteiger partial charge in [-0.05, 0) is 23.6 Å². The molecule has 0 saturated heterocycles. The van der Waals surface area contributed by atoms with E-state index in [9.17, 15) is 4.79 Å². The first-order valence-corrected chi connectivity index (χ1v) is 6.19. The van der Waals surface area contributed by atoms with Gasteiger partial charge in [-0.2, -0.15) is 5.10 Å². The molecular weight excluding hydrogens is 248 g/mol. The monoisotopic (exact) mass is 260 g/mol. The molecule has 1 heterocycles. The van der Waals surface area contributed by atoms with Crippen LogP contribution >= 0.6 is 11.3 Å². The van der Waals surface area contributed by atoms with Crippen molar-refractivity contribution in [3.63, 3.8) is 0 Å². The van der Waals surface area contributed by atoms with Crippen molar-refractivity contribution in [1.29, 1.82) is 0 Å². The van der Waals surface area contributed by atoms with Crippen LogP contribution in [0.5, 0.6) is 5.75 Å². The SMILES string of the molecule is COc1ccccc1C(=O)N/N=C\c1cccs1. The third-order valence-corrected chi connectivity index (χ3v) is 3.06. The highest BCUT2D eigenvalue weighted by molar-refractivity contribution is 7.11. The number of carbonyl (C=O) groups excluding carboxylic acids is 1. The zero-order valence-corrected chi connectivity index (χ0v) is 10.6. The maximum Gasteiger partial charge on any atom is 0.275 e. The summed E-state index contributed by atoms with van der Waals surface area (Å²) in [4.78, 5) is 12.8. The van der Waals surface area contributed by atoms with Gasteiger partial charge >= 0.3 is 0 Å². The summed E-state index contributed by atoms with van der Waals surface area (Å²) >= 11 is 1.55. The highest BCUT2D eigenvalue weighted by atomic mass is 32.1. The van der Waals surface area contributed by atoms with Crippen LogP contribution in [0, 0.1) is 0 Å². The van der Waals surface area contributed by atoms with Crippen molar-refractivity contribution in [2.45, 2.75) is 0 Å². The summed E-state index contributed by atoms with van der Waals surface area (Å²) in [6, 6.07) is 10.9. The van der Waals surface area contributed by atoms with Crippen molar-refractivity contribution in [1.82, 2.24) is 5.43 Å². The van der Waals surface area contributed by atoms with E-state index in [1.54, 1.807) is 35.8 Å². The number of thiophene rings is 1. The third-order valence-electron chi connectivity index (χ3n) is 2.25. The summed E-state index contributed by atoms with van der Waals surface area (Å²) in [5.41, 5.74) is 2.93. The van der Waals surface area contributed by atoms with E-state index in [0.717, 1.165) is 4.88 Å². The molecule has 0 aliphatic carbocycles. The third kappa shape index (κ3) is 2.95. The second-order valence-corrected chi connectivity index (χ2v) is 4.39. The fraction of sp³-hybridized carbons (Fsp3) is 0.0769. The topological polar surface area (TPSA) is 50.7 Å². The predicted molar refractivity (Wildman–Crippen MR) is 72.4 cm³/mol. The molecule has 1 N–H and O–H groups in total. The van der Waals surface area contributed by atoms with Gasteiger partial charge in [-0.1, -0.05) is 18.2 Å². The molecule has 0 spiro atoms. The highest BCUT2D eigenvalue weighted by Crippen LogP contribution is 2.16. The molecule has 1 amide bonds. The molecule has 0 atom stereocenters. The lowest BCUT2D eigenvalue weighted by atomic mass is 10.2. The Morgan fingerprint density at radius 3 is 2.89 bits per heavy atom. The molecular formula is C13H12N2O2S. The summed E-state index contributed by atoms with van der Waals surface area (Å²) < 4.78 is 5.11. The number of nitrogens with zero attached hydrogens (tertiary/aromatic N) is 1. The number of ether oxygens (including phenoxy) is 1. The van der Waals surface area contributed by atoms with Crippen LogP contribution in [0.15, 0.2) is 46.9 Å². The van der Waals surface area contributed by atoms with E-state index in [2.05, 4.69) is 10.5 Å². The zero-order valence-electron chi connectivity index (χ0n) is 9.79. The number of carbonyl (C=O) groups is 1. The van der Waals surface area contributed by atoms with Crippen molar-refractivity contribution >= 4 is 23.5 Å². The predicted octanol–water partition coefficient (Wildman–Crippen LogP) is 2.52. The molecule has 0 saturated carbocycles. The number of hydrogen-bond donors (Lipinski definition) is 1. The first-order chi connectivity index (χ1) is 8.81. The van der Waals surface area contributed by atoms with Crippen LogP contribution in [0.25, 0.3) is 0 Å². The average Bonchev–Trinajstić information content (AvgIpc) is 2.91. The smallest absolute Gasteiger partial charge is 0.275 e. The summed E-state index contributed by atoms with van der Waals surface area (Å²) in [7, 11) is 1.53. The van der Waals surface area contributed by atoms with Crippen LogP contribution in [-0.2, 0) is 0 Å². The van der Waals surface area contributed by atoms with E-state index in [-0.39, 0.29) is 5.91 Å². The molecule has 1 aromatic heterocycles. The van der Waals surface area contributed by atoms with Crippen LogP contribution in [0.3, 0.4) is 0 Å². The summed E-state index contributed by atoms with van der Waals surface area (Å²) in [5.74, 6) is 0.238. The number of nitrogens with one attached hydrogen (secondary N) is 1. The van der Waals surface area contributed by atoms with Gasteiger partial charge in [-0.3, -0.25) is 4.79 Å². The summed E-state index contributed by atoms with van der Waals surface area (Å²) in [5, 5.41) is 5.84. The Morgan fingerprint density at radius 2 is 2.17 bits per heavy atom. The van der Waals surface area contributed by atoms with Crippen LogP contribution in [-0.4, -0.2) is 19.2 Å². The normalized spacial score (nSPS) is 10.5. The molecule has 5 heteroatoms. The zero-order chi connectivity index (χ0) is 12.8. The minimum Gasteiger partial charge on any atom is -0.496 e. The Morgan fingerprint density at radius 1 is 1.33 bits per heavy atom. The molecule has 92 valence electrons. The molecule has 0 unspecified atom stereocenters. The van der Waals surface area contributed by atoms with E-state index in [4.69, 9.17) is 4.74 Å². The summed E-state index contributed by atoms with van der Waals surface area (Å²) in [6.45, 7) is 0. The van der Waals surface area contributed by atoms with Crippen molar-refractivity contribution < 1.29 is 9.53 Å². The Bertz CT molecular complexity index is 550. The Labute approximate surface area is 109 Å². The first-order valence-electron chi connectivity index (χ1n) is 5.31. The lowest BCUT2D eigenvalue weighted by molar-refractivity contribution is 0.0952. The number of rotatable bonds is 4. The standard InChI is InChI=1S/C13H12N2O2S/c1-17-12-7-3-2-6-11(12)13(16)15-14-9-10-5-4-8-18-10/h2-9H,1H3,(H,15,16)/b14-9-. The number of hydrogen-bond acceptors (Lipinski definition) is 4. The molecule has 0 radical (unpaired) electrons. The van der Waals surface area contributed by atoms with E-state index >= 15 is 0 Å². The van der Waals surface area contributed by atoms with Crippen LogP contribution in [0.2, 0.25) is 0 Å². The van der Waals surface area contributed by atoms with Gasteiger partial charge in [-0.25, -0.2) is 5.43 Å². The van der Waals surface area contributed by atoms with E-state index < -0.39 is 0 Å². The lowest BCUT2D eigenvalue weighted by Crippen LogP contribution is -2.18. The first kappa shape index (κ1) is 12.3. The van der Waals surface area contributed by atoms with Gasteiger partial charge < -0.3 is 4.74 Å². The molecule has 2 rings (SSSR count). The Hall–Kier alpha value is -2.14. The van der Waals surface area contributed by atoms with Gasteiger partial charge in [0.05, 0.1) is 18.9 Å².